The summed E-state index contributed by atoms with van der Waals surface area (Å²) in [5.41, 5.74) is 0.894. The van der Waals surface area contributed by atoms with Gasteiger partial charge >= 0.3 is 6.09 Å². The first-order chi connectivity index (χ1) is 13.0. The number of benzene rings is 1. The molecule has 1 spiro atoms. The Labute approximate surface area is 159 Å². The molecule has 144 valence electrons. The van der Waals surface area contributed by atoms with Crippen molar-refractivity contribution in [3.05, 3.63) is 47.7 Å². The van der Waals surface area contributed by atoms with Crippen molar-refractivity contribution in [2.75, 3.05) is 26.2 Å². The third-order valence-electron chi connectivity index (χ3n) is 5.60. The van der Waals surface area contributed by atoms with Gasteiger partial charge in [0.25, 0.3) is 0 Å². The van der Waals surface area contributed by atoms with Gasteiger partial charge in [-0.3, -0.25) is 4.90 Å². The molecule has 2 aromatic rings. The molecule has 0 saturated carbocycles. The lowest BCUT2D eigenvalue weighted by atomic mass is 9.91. The van der Waals surface area contributed by atoms with Crippen LogP contribution in [0.3, 0.4) is 0 Å². The summed E-state index contributed by atoms with van der Waals surface area (Å²) in [5, 5.41) is 7.94. The molecule has 1 atom stereocenters. The highest BCUT2D eigenvalue weighted by molar-refractivity contribution is 5.70. The Kier molecular flexibility index (Phi) is 4.86. The van der Waals surface area contributed by atoms with Gasteiger partial charge in [-0.1, -0.05) is 37.3 Å². The summed E-state index contributed by atoms with van der Waals surface area (Å²) in [7, 11) is 0. The van der Waals surface area contributed by atoms with Gasteiger partial charge in [0.05, 0.1) is 13.1 Å². The molecule has 0 unspecified atom stereocenters. The monoisotopic (exact) mass is 370 g/mol. The first-order valence-electron chi connectivity index (χ1n) is 9.57. The normalized spacial score (nSPS) is 20.8. The zero-order valence-electron chi connectivity index (χ0n) is 15.9. The molecule has 2 fully saturated rings. The first-order valence-corrected chi connectivity index (χ1v) is 9.57. The van der Waals surface area contributed by atoms with Crippen LogP contribution in [-0.2, 0) is 11.3 Å². The van der Waals surface area contributed by atoms with E-state index in [-0.39, 0.29) is 17.6 Å². The maximum Gasteiger partial charge on any atom is 0.410 e. The maximum absolute atomic E-state index is 12.4. The minimum absolute atomic E-state index is 0.182. The lowest BCUT2D eigenvalue weighted by Gasteiger charge is -2.36. The van der Waals surface area contributed by atoms with Gasteiger partial charge in [0.1, 0.15) is 5.60 Å². The standard InChI is InChI=1S/C20H26N4O3/c1-15(17-6-4-3-5-7-17)12-24-14-20(27-19(24)25)8-10-23(11-9-20)13-18-22-21-16(2)26-18/h3-7,15H,8-14H2,1-2H3/t15-/m0/s1. The van der Waals surface area contributed by atoms with Crippen LogP contribution in [0.5, 0.6) is 0 Å². The summed E-state index contributed by atoms with van der Waals surface area (Å²) in [6.45, 7) is 7.69. The summed E-state index contributed by atoms with van der Waals surface area (Å²) in [4.78, 5) is 16.6. The van der Waals surface area contributed by atoms with E-state index < -0.39 is 0 Å². The number of aromatic nitrogens is 2. The second-order valence-electron chi connectivity index (χ2n) is 7.73. The van der Waals surface area contributed by atoms with Crippen molar-refractivity contribution in [2.45, 2.75) is 44.8 Å². The van der Waals surface area contributed by atoms with Crippen LogP contribution in [0.2, 0.25) is 0 Å². The molecule has 4 rings (SSSR count). The number of likely N-dealkylation sites (tertiary alicyclic amines) is 1. The zero-order valence-corrected chi connectivity index (χ0v) is 15.9. The second kappa shape index (κ2) is 7.31. The fourth-order valence-electron chi connectivity index (χ4n) is 4.02. The number of aryl methyl sites for hydroxylation is 1. The molecule has 7 heteroatoms. The van der Waals surface area contributed by atoms with E-state index in [1.165, 1.54) is 5.56 Å². The fraction of sp³-hybridized carbons (Fsp3) is 0.550. The van der Waals surface area contributed by atoms with Gasteiger partial charge in [-0.15, -0.1) is 10.2 Å². The summed E-state index contributed by atoms with van der Waals surface area (Å²) < 4.78 is 11.3. The van der Waals surface area contributed by atoms with E-state index >= 15 is 0 Å². The lowest BCUT2D eigenvalue weighted by Crippen LogP contribution is -2.46. The highest BCUT2D eigenvalue weighted by atomic mass is 16.6. The van der Waals surface area contributed by atoms with Crippen molar-refractivity contribution >= 4 is 6.09 Å². The zero-order chi connectivity index (χ0) is 18.9. The third kappa shape index (κ3) is 3.98. The third-order valence-corrected chi connectivity index (χ3v) is 5.60. The molecule has 7 nitrogen and oxygen atoms in total. The van der Waals surface area contributed by atoms with Crippen LogP contribution in [0.25, 0.3) is 0 Å². The van der Waals surface area contributed by atoms with Crippen LogP contribution in [-0.4, -0.2) is 57.9 Å². The Morgan fingerprint density at radius 2 is 1.93 bits per heavy atom. The Balaban J connectivity index is 1.32. The minimum atomic E-state index is -0.352. The van der Waals surface area contributed by atoms with Gasteiger partial charge < -0.3 is 14.1 Å². The number of carbonyl (C=O) groups is 1. The molecule has 27 heavy (non-hydrogen) atoms. The highest BCUT2D eigenvalue weighted by Crippen LogP contribution is 2.34. The van der Waals surface area contributed by atoms with Crippen LogP contribution >= 0.6 is 0 Å². The SMILES string of the molecule is Cc1nnc(CN2CCC3(CC2)CN(C[C@H](C)c2ccccc2)C(=O)O3)o1. The largest absolute Gasteiger partial charge is 0.441 e. The molecule has 2 saturated heterocycles. The average Bonchev–Trinajstić information content (AvgIpc) is 3.21. The van der Waals surface area contributed by atoms with Gasteiger partial charge in [0.2, 0.25) is 11.8 Å². The van der Waals surface area contributed by atoms with E-state index in [2.05, 4.69) is 34.2 Å². The number of amides is 1. The molecule has 1 amide bonds. The summed E-state index contributed by atoms with van der Waals surface area (Å²) in [5.74, 6) is 1.52. The van der Waals surface area contributed by atoms with Crippen molar-refractivity contribution in [1.29, 1.82) is 0 Å². The van der Waals surface area contributed by atoms with Crippen molar-refractivity contribution in [3.63, 3.8) is 0 Å². The molecule has 0 aliphatic carbocycles. The molecule has 3 heterocycles. The van der Waals surface area contributed by atoms with Gasteiger partial charge in [-0.05, 0) is 11.5 Å². The molecule has 1 aromatic heterocycles. The Morgan fingerprint density at radius 3 is 2.59 bits per heavy atom. The molecular weight excluding hydrogens is 344 g/mol. The van der Waals surface area contributed by atoms with E-state index in [1.807, 2.05) is 23.1 Å². The van der Waals surface area contributed by atoms with E-state index in [0.717, 1.165) is 25.9 Å². The molecule has 1 aromatic carbocycles. The number of hydrogen-bond acceptors (Lipinski definition) is 6. The van der Waals surface area contributed by atoms with Gasteiger partial charge in [-0.2, -0.15) is 0 Å². The Morgan fingerprint density at radius 1 is 1.19 bits per heavy atom. The number of ether oxygens (including phenoxy) is 1. The molecule has 2 aliphatic heterocycles. The van der Waals surface area contributed by atoms with Crippen molar-refractivity contribution < 1.29 is 13.9 Å². The summed E-state index contributed by atoms with van der Waals surface area (Å²) >= 11 is 0. The maximum atomic E-state index is 12.4. The highest BCUT2D eigenvalue weighted by Gasteiger charge is 2.47. The minimum Gasteiger partial charge on any atom is -0.441 e. The van der Waals surface area contributed by atoms with Crippen molar-refractivity contribution in [1.82, 2.24) is 20.0 Å². The summed E-state index contributed by atoms with van der Waals surface area (Å²) in [6.07, 6.45) is 1.49. The van der Waals surface area contributed by atoms with Crippen LogP contribution in [0, 0.1) is 6.92 Å². The first kappa shape index (κ1) is 18.0. The van der Waals surface area contributed by atoms with Gasteiger partial charge in [0, 0.05) is 39.4 Å². The second-order valence-corrected chi connectivity index (χ2v) is 7.73. The fourth-order valence-corrected chi connectivity index (χ4v) is 4.02. The number of hydrogen-bond donors (Lipinski definition) is 0. The number of nitrogens with zero attached hydrogens (tertiary/aromatic N) is 4. The number of piperidine rings is 1. The van der Waals surface area contributed by atoms with Crippen LogP contribution in [0.4, 0.5) is 4.79 Å². The molecule has 0 bridgehead atoms. The van der Waals surface area contributed by atoms with Crippen LogP contribution in [0.1, 0.15) is 43.0 Å². The predicted molar refractivity (Wildman–Crippen MR) is 99.2 cm³/mol. The topological polar surface area (TPSA) is 71.7 Å². The Bertz CT molecular complexity index is 784. The molecule has 0 N–H and O–H groups in total. The van der Waals surface area contributed by atoms with E-state index in [4.69, 9.17) is 9.15 Å². The number of rotatable bonds is 5. The van der Waals surface area contributed by atoms with Crippen LogP contribution in [0.15, 0.2) is 34.7 Å². The van der Waals surface area contributed by atoms with Gasteiger partial charge in [0.15, 0.2) is 0 Å². The lowest BCUT2D eigenvalue weighted by molar-refractivity contribution is -0.00304. The number of carbonyl (C=O) groups excluding carboxylic acids is 1. The van der Waals surface area contributed by atoms with Crippen molar-refractivity contribution in [3.8, 4) is 0 Å². The average molecular weight is 370 g/mol. The van der Waals surface area contributed by atoms with Gasteiger partial charge in [-0.25, -0.2) is 4.79 Å². The smallest absolute Gasteiger partial charge is 0.410 e. The van der Waals surface area contributed by atoms with E-state index in [1.54, 1.807) is 6.92 Å². The molecule has 0 radical (unpaired) electrons. The predicted octanol–water partition coefficient (Wildman–Crippen LogP) is 2.97. The van der Waals surface area contributed by atoms with E-state index in [9.17, 15) is 4.79 Å². The van der Waals surface area contributed by atoms with Crippen molar-refractivity contribution in [2.24, 2.45) is 0 Å². The molecule has 2 aliphatic rings. The Hall–Kier alpha value is -2.41. The van der Waals surface area contributed by atoms with Crippen LogP contribution < -0.4 is 0 Å². The summed E-state index contributed by atoms with van der Waals surface area (Å²) in [6, 6.07) is 10.3. The quantitative estimate of drug-likeness (QED) is 0.806. The molecular formula is C20H26N4O3. The van der Waals surface area contributed by atoms with E-state index in [0.29, 0.717) is 31.4 Å².